The topological polar surface area (TPSA) is 114 Å². The fourth-order valence-corrected chi connectivity index (χ4v) is 4.09. The SMILES string of the molecule is O=C(CCN1C(=O)[C@H]2CCCC[C@@H]2C1=O)NNC(=O)[C@@H]1COc2ccccc2O1. The number of likely N-dealkylation sites (tertiary alicyclic amines) is 1. The zero-order valence-electron chi connectivity index (χ0n) is 15.9. The minimum Gasteiger partial charge on any atom is -0.485 e. The van der Waals surface area contributed by atoms with E-state index in [1.807, 2.05) is 0 Å². The van der Waals surface area contributed by atoms with E-state index in [9.17, 15) is 19.2 Å². The number of carbonyl (C=O) groups is 4. The van der Waals surface area contributed by atoms with Gasteiger partial charge in [0.15, 0.2) is 11.5 Å². The second-order valence-electron chi connectivity index (χ2n) is 7.48. The van der Waals surface area contributed by atoms with Crippen LogP contribution < -0.4 is 20.3 Å². The smallest absolute Gasteiger partial charge is 0.283 e. The van der Waals surface area contributed by atoms with Crippen LogP contribution >= 0.6 is 0 Å². The van der Waals surface area contributed by atoms with Crippen LogP contribution in [0.1, 0.15) is 32.1 Å². The highest BCUT2D eigenvalue weighted by atomic mass is 16.6. The van der Waals surface area contributed by atoms with Gasteiger partial charge in [-0.25, -0.2) is 0 Å². The van der Waals surface area contributed by atoms with Crippen LogP contribution in [0, 0.1) is 11.8 Å². The minimum atomic E-state index is -0.893. The maximum Gasteiger partial charge on any atom is 0.283 e. The number of ether oxygens (including phenoxy) is 2. The summed E-state index contributed by atoms with van der Waals surface area (Å²) in [5.74, 6) is -0.849. The van der Waals surface area contributed by atoms with Crippen molar-refractivity contribution in [2.24, 2.45) is 11.8 Å². The molecule has 3 aliphatic rings. The Morgan fingerprint density at radius 2 is 1.66 bits per heavy atom. The lowest BCUT2D eigenvalue weighted by atomic mass is 9.81. The molecule has 1 saturated heterocycles. The van der Waals surface area contributed by atoms with Crippen molar-refractivity contribution < 1.29 is 28.7 Å². The second kappa shape index (κ2) is 8.10. The van der Waals surface area contributed by atoms with Crippen LogP contribution in [0.25, 0.3) is 0 Å². The Hall–Kier alpha value is -3.10. The van der Waals surface area contributed by atoms with Gasteiger partial charge in [-0.15, -0.1) is 0 Å². The molecular formula is C20H23N3O6. The van der Waals surface area contributed by atoms with Crippen molar-refractivity contribution in [2.75, 3.05) is 13.2 Å². The lowest BCUT2D eigenvalue weighted by molar-refractivity contribution is -0.141. The van der Waals surface area contributed by atoms with Gasteiger partial charge in [0.1, 0.15) is 6.61 Å². The third-order valence-corrected chi connectivity index (χ3v) is 5.62. The highest BCUT2D eigenvalue weighted by Crippen LogP contribution is 2.38. The molecule has 2 aliphatic heterocycles. The average molecular weight is 401 g/mol. The standard InChI is InChI=1S/C20H23N3O6/c24-17(9-10-23-19(26)12-5-1-2-6-13(12)20(23)27)21-22-18(25)16-11-28-14-7-3-4-8-15(14)29-16/h3-4,7-8,12-13,16H,1-2,5-6,9-11H2,(H,21,24)(H,22,25)/t12-,13-,16-/m0/s1. The number of nitrogens with zero attached hydrogens (tertiary/aromatic N) is 1. The van der Waals surface area contributed by atoms with E-state index >= 15 is 0 Å². The minimum absolute atomic E-state index is 0.0167. The summed E-state index contributed by atoms with van der Waals surface area (Å²) >= 11 is 0. The maximum atomic E-state index is 12.4. The van der Waals surface area contributed by atoms with E-state index in [0.717, 1.165) is 25.7 Å². The molecule has 0 spiro atoms. The molecule has 0 unspecified atom stereocenters. The predicted octanol–water partition coefficient (Wildman–Crippen LogP) is 0.539. The summed E-state index contributed by atoms with van der Waals surface area (Å²) in [7, 11) is 0. The predicted molar refractivity (Wildman–Crippen MR) is 99.4 cm³/mol. The number of fused-ring (bicyclic) bond motifs is 2. The Morgan fingerprint density at radius 3 is 2.34 bits per heavy atom. The van der Waals surface area contributed by atoms with Gasteiger partial charge < -0.3 is 9.47 Å². The summed E-state index contributed by atoms with van der Waals surface area (Å²) in [5.41, 5.74) is 4.60. The van der Waals surface area contributed by atoms with Crippen LogP contribution in [0.2, 0.25) is 0 Å². The monoisotopic (exact) mass is 401 g/mol. The number of hydrazine groups is 1. The molecule has 2 fully saturated rings. The zero-order chi connectivity index (χ0) is 20.4. The number of imide groups is 1. The normalized spacial score (nSPS) is 25.4. The van der Waals surface area contributed by atoms with Crippen LogP contribution in [-0.4, -0.2) is 47.8 Å². The zero-order valence-corrected chi connectivity index (χ0v) is 15.9. The number of nitrogens with one attached hydrogen (secondary N) is 2. The number of hydrogen-bond acceptors (Lipinski definition) is 6. The van der Waals surface area contributed by atoms with E-state index in [1.165, 1.54) is 4.90 Å². The van der Waals surface area contributed by atoms with Crippen molar-refractivity contribution in [2.45, 2.75) is 38.2 Å². The van der Waals surface area contributed by atoms with Gasteiger partial charge in [0.25, 0.3) is 5.91 Å². The molecule has 0 aromatic heterocycles. The first-order chi connectivity index (χ1) is 14.0. The van der Waals surface area contributed by atoms with E-state index in [2.05, 4.69) is 10.9 Å². The third-order valence-electron chi connectivity index (χ3n) is 5.62. The van der Waals surface area contributed by atoms with Crippen molar-refractivity contribution in [3.05, 3.63) is 24.3 Å². The van der Waals surface area contributed by atoms with Crippen molar-refractivity contribution in [1.29, 1.82) is 0 Å². The summed E-state index contributed by atoms with van der Waals surface area (Å²) in [6.45, 7) is 0.0427. The molecular weight excluding hydrogens is 378 g/mol. The summed E-state index contributed by atoms with van der Waals surface area (Å²) in [4.78, 5) is 50.3. The Kier molecular flexibility index (Phi) is 5.37. The highest BCUT2D eigenvalue weighted by Gasteiger charge is 2.47. The molecule has 2 heterocycles. The molecule has 9 heteroatoms. The van der Waals surface area contributed by atoms with Gasteiger partial charge in [-0.3, -0.25) is 34.9 Å². The van der Waals surface area contributed by atoms with Gasteiger partial charge >= 0.3 is 0 Å². The van der Waals surface area contributed by atoms with Crippen molar-refractivity contribution in [1.82, 2.24) is 15.8 Å². The lowest BCUT2D eigenvalue weighted by Gasteiger charge is -2.25. The quantitative estimate of drug-likeness (QED) is 0.562. The molecule has 4 amide bonds. The molecule has 4 rings (SSSR count). The Labute approximate surface area is 167 Å². The average Bonchev–Trinajstić information content (AvgIpc) is 3.00. The molecule has 2 N–H and O–H groups in total. The molecule has 0 bridgehead atoms. The van der Waals surface area contributed by atoms with Crippen LogP contribution in [0.5, 0.6) is 11.5 Å². The first-order valence-corrected chi connectivity index (χ1v) is 9.87. The van der Waals surface area contributed by atoms with E-state index in [0.29, 0.717) is 11.5 Å². The summed E-state index contributed by atoms with van der Waals surface area (Å²) in [6.07, 6.45) is 2.41. The highest BCUT2D eigenvalue weighted by molar-refractivity contribution is 6.05. The summed E-state index contributed by atoms with van der Waals surface area (Å²) in [5, 5.41) is 0. The first kappa shape index (κ1) is 19.2. The number of amides is 4. The van der Waals surface area contributed by atoms with Gasteiger partial charge in [0.05, 0.1) is 11.8 Å². The number of rotatable bonds is 4. The molecule has 3 atom stereocenters. The molecule has 29 heavy (non-hydrogen) atoms. The molecule has 1 aromatic rings. The van der Waals surface area contributed by atoms with Gasteiger partial charge in [0.2, 0.25) is 23.8 Å². The van der Waals surface area contributed by atoms with Gasteiger partial charge in [0, 0.05) is 13.0 Å². The number of hydrogen-bond donors (Lipinski definition) is 2. The van der Waals surface area contributed by atoms with Gasteiger partial charge in [-0.1, -0.05) is 25.0 Å². The van der Waals surface area contributed by atoms with E-state index in [4.69, 9.17) is 9.47 Å². The summed E-state index contributed by atoms with van der Waals surface area (Å²) < 4.78 is 11.0. The Morgan fingerprint density at radius 1 is 1.00 bits per heavy atom. The fourth-order valence-electron chi connectivity index (χ4n) is 4.09. The largest absolute Gasteiger partial charge is 0.485 e. The van der Waals surface area contributed by atoms with E-state index in [1.54, 1.807) is 24.3 Å². The van der Waals surface area contributed by atoms with Crippen molar-refractivity contribution >= 4 is 23.6 Å². The van der Waals surface area contributed by atoms with Crippen LogP contribution in [0.3, 0.4) is 0 Å². The Balaban J connectivity index is 1.23. The van der Waals surface area contributed by atoms with E-state index < -0.39 is 17.9 Å². The van der Waals surface area contributed by atoms with Crippen molar-refractivity contribution in [3.63, 3.8) is 0 Å². The third kappa shape index (κ3) is 3.90. The van der Waals surface area contributed by atoms with Crippen LogP contribution in [0.4, 0.5) is 0 Å². The Bertz CT molecular complexity index is 817. The fraction of sp³-hybridized carbons (Fsp3) is 0.500. The molecule has 1 aliphatic carbocycles. The number of para-hydroxylation sites is 2. The molecule has 1 saturated carbocycles. The van der Waals surface area contributed by atoms with Gasteiger partial charge in [-0.05, 0) is 25.0 Å². The molecule has 0 radical (unpaired) electrons. The molecule has 154 valence electrons. The first-order valence-electron chi connectivity index (χ1n) is 9.87. The van der Waals surface area contributed by atoms with Gasteiger partial charge in [-0.2, -0.15) is 0 Å². The number of benzene rings is 1. The van der Waals surface area contributed by atoms with Crippen LogP contribution in [0.15, 0.2) is 24.3 Å². The molecule has 1 aromatic carbocycles. The van der Waals surface area contributed by atoms with Crippen molar-refractivity contribution in [3.8, 4) is 11.5 Å². The second-order valence-corrected chi connectivity index (χ2v) is 7.48. The lowest BCUT2D eigenvalue weighted by Crippen LogP contribution is -2.51. The summed E-state index contributed by atoms with van der Waals surface area (Å²) in [6, 6.07) is 6.99. The molecule has 9 nitrogen and oxygen atoms in total. The number of carbonyl (C=O) groups excluding carboxylic acids is 4. The van der Waals surface area contributed by atoms with E-state index in [-0.39, 0.29) is 43.2 Å². The maximum absolute atomic E-state index is 12.4. The van der Waals surface area contributed by atoms with Crippen LogP contribution in [-0.2, 0) is 19.2 Å².